The van der Waals surface area contributed by atoms with E-state index in [-0.39, 0.29) is 85.2 Å². The Morgan fingerprint density at radius 3 is 1.16 bits per heavy atom. The standard InChI is InChI=1S/C43H34N8O13S6/c1-21-5-11-33-37(39(21)69(59,60)61)65-41(46-33)25-7-13-31(35(19-25)67(53,54)55)50-48-29-15-9-27(17-23(29)3)44-43(52)45-28-10-16-30(24(4)18-28)49-51-32-14-8-26(20-36(32)68(56,57)58)42-47-34-12-6-22(2)40(38(34)66-42)70(62,63)64/h5-20H,1-4H3,(H2,44,45,52)(H,53,54,55)(H,56,57,58)(H,59,60,61)(H,62,63,64). The maximum Gasteiger partial charge on any atom is 0.323 e. The third-order valence-electron chi connectivity index (χ3n) is 10.3. The van der Waals surface area contributed by atoms with E-state index in [9.17, 15) is 56.7 Å². The highest BCUT2D eigenvalue weighted by Gasteiger charge is 2.25. The van der Waals surface area contributed by atoms with E-state index in [1.54, 1.807) is 38.1 Å². The number of benzene rings is 6. The number of rotatable bonds is 12. The van der Waals surface area contributed by atoms with E-state index < -0.39 is 56.3 Å². The molecule has 0 fully saturated rings. The molecule has 2 amide bonds. The molecule has 0 unspecified atom stereocenters. The predicted molar refractivity (Wildman–Crippen MR) is 262 cm³/mol. The van der Waals surface area contributed by atoms with Crippen molar-refractivity contribution in [1.82, 2.24) is 9.97 Å². The summed E-state index contributed by atoms with van der Waals surface area (Å²) in [7, 11) is -18.9. The van der Waals surface area contributed by atoms with Crippen LogP contribution in [-0.2, 0) is 40.5 Å². The number of carbonyl (C=O) groups excluding carboxylic acids is 1. The Morgan fingerprint density at radius 1 is 0.457 bits per heavy atom. The summed E-state index contributed by atoms with van der Waals surface area (Å²) in [4.78, 5) is 20.0. The topological polar surface area (TPSA) is 334 Å². The largest absolute Gasteiger partial charge is 0.323 e. The van der Waals surface area contributed by atoms with E-state index in [2.05, 4.69) is 41.1 Å². The van der Waals surface area contributed by atoms with E-state index in [0.717, 1.165) is 34.8 Å². The number of azo groups is 2. The number of aromatic nitrogens is 2. The maximum atomic E-state index is 13.0. The highest BCUT2D eigenvalue weighted by atomic mass is 32.2. The molecule has 6 aromatic carbocycles. The quantitative estimate of drug-likeness (QED) is 0.0489. The van der Waals surface area contributed by atoms with Gasteiger partial charge in [-0.2, -0.15) is 43.9 Å². The molecule has 8 rings (SSSR count). The second kappa shape index (κ2) is 18.5. The number of anilines is 2. The monoisotopic (exact) mass is 1060 g/mol. The van der Waals surface area contributed by atoms with Crippen LogP contribution in [0.5, 0.6) is 0 Å². The number of urea groups is 1. The highest BCUT2D eigenvalue weighted by molar-refractivity contribution is 7.87. The maximum absolute atomic E-state index is 13.0. The molecule has 0 aliphatic rings. The molecule has 0 aliphatic carbocycles. The van der Waals surface area contributed by atoms with Gasteiger partial charge >= 0.3 is 6.03 Å². The van der Waals surface area contributed by atoms with Gasteiger partial charge in [-0.15, -0.1) is 32.9 Å². The molecule has 0 spiro atoms. The zero-order valence-electron chi connectivity index (χ0n) is 36.3. The molecule has 0 bridgehead atoms. The van der Waals surface area contributed by atoms with Gasteiger partial charge in [0, 0.05) is 22.5 Å². The Morgan fingerprint density at radius 2 is 0.814 bits per heavy atom. The number of carbonyl (C=O) groups is 1. The lowest BCUT2D eigenvalue weighted by Gasteiger charge is -2.10. The van der Waals surface area contributed by atoms with Crippen LogP contribution in [0.4, 0.5) is 38.9 Å². The minimum Gasteiger partial charge on any atom is -0.308 e. The van der Waals surface area contributed by atoms with E-state index in [1.165, 1.54) is 74.5 Å². The molecule has 0 aliphatic heterocycles. The molecule has 360 valence electrons. The Balaban J connectivity index is 0.945. The molecule has 27 heteroatoms. The smallest absolute Gasteiger partial charge is 0.308 e. The van der Waals surface area contributed by atoms with Gasteiger partial charge in [0.25, 0.3) is 40.5 Å². The Hall–Kier alpha value is -6.79. The van der Waals surface area contributed by atoms with E-state index >= 15 is 0 Å². The van der Waals surface area contributed by atoms with Crippen LogP contribution >= 0.6 is 22.7 Å². The van der Waals surface area contributed by atoms with Gasteiger partial charge in [-0.1, -0.05) is 12.1 Å². The highest BCUT2D eigenvalue weighted by Crippen LogP contribution is 2.41. The van der Waals surface area contributed by atoms with E-state index in [4.69, 9.17) is 0 Å². The first-order valence-corrected chi connectivity index (χ1v) is 27.3. The number of nitrogens with zero attached hydrogens (tertiary/aromatic N) is 6. The number of hydrogen-bond donors (Lipinski definition) is 6. The summed E-state index contributed by atoms with van der Waals surface area (Å²) < 4.78 is 138. The van der Waals surface area contributed by atoms with Crippen molar-refractivity contribution in [2.75, 3.05) is 10.6 Å². The van der Waals surface area contributed by atoms with E-state index in [0.29, 0.717) is 22.5 Å². The zero-order valence-corrected chi connectivity index (χ0v) is 41.2. The fraction of sp³-hybridized carbons (Fsp3) is 0.0930. The van der Waals surface area contributed by atoms with Crippen molar-refractivity contribution >= 4 is 124 Å². The molecule has 0 atom stereocenters. The van der Waals surface area contributed by atoms with Crippen LogP contribution in [0.15, 0.2) is 137 Å². The minimum atomic E-state index is -4.86. The molecule has 6 N–H and O–H groups in total. The normalized spacial score (nSPS) is 12.7. The summed E-state index contributed by atoms with van der Waals surface area (Å²) in [5, 5.41) is 22.2. The van der Waals surface area contributed by atoms with Crippen molar-refractivity contribution in [3.05, 3.63) is 119 Å². The number of hydrogen-bond acceptors (Lipinski definition) is 17. The Labute approximate surface area is 406 Å². The van der Waals surface area contributed by atoms with Gasteiger partial charge in [0.15, 0.2) is 0 Å². The summed E-state index contributed by atoms with van der Waals surface area (Å²) >= 11 is 1.81. The predicted octanol–water partition coefficient (Wildman–Crippen LogP) is 10.9. The summed E-state index contributed by atoms with van der Waals surface area (Å²) in [5.41, 5.74) is 3.38. The van der Waals surface area contributed by atoms with Crippen LogP contribution in [0.25, 0.3) is 41.6 Å². The lowest BCUT2D eigenvalue weighted by Crippen LogP contribution is -2.19. The molecule has 2 aromatic heterocycles. The Kier molecular flexibility index (Phi) is 13.1. The lowest BCUT2D eigenvalue weighted by atomic mass is 10.2. The van der Waals surface area contributed by atoms with Crippen LogP contribution in [0.2, 0.25) is 0 Å². The molecule has 2 heterocycles. The summed E-state index contributed by atoms with van der Waals surface area (Å²) in [6.45, 7) is 6.35. The average Bonchev–Trinajstić information content (AvgIpc) is 3.89. The summed E-state index contributed by atoms with van der Waals surface area (Å²) in [6, 6.07) is 22.4. The zero-order chi connectivity index (χ0) is 50.7. The van der Waals surface area contributed by atoms with Gasteiger partial charge in [0.2, 0.25) is 0 Å². The SMILES string of the molecule is Cc1cc(NC(=O)Nc2ccc(N=Nc3ccc(-c4nc5ccc(C)c(S(=O)(=O)O)c5s4)cc3S(=O)(=O)O)c(C)c2)ccc1N=Nc1ccc(-c2nc3ccc(C)c(S(=O)(=O)O)c3s2)cc1S(=O)(=O)O. The molecular formula is C43H34N8O13S6. The van der Waals surface area contributed by atoms with Crippen LogP contribution in [-0.4, -0.2) is 67.9 Å². The number of thiazole rings is 2. The summed E-state index contributed by atoms with van der Waals surface area (Å²) in [6.07, 6.45) is 0. The minimum absolute atomic E-state index is 0.165. The van der Waals surface area contributed by atoms with Gasteiger partial charge < -0.3 is 10.6 Å². The number of aryl methyl sites for hydroxylation is 4. The van der Waals surface area contributed by atoms with Crippen molar-refractivity contribution < 1.29 is 56.7 Å². The fourth-order valence-electron chi connectivity index (χ4n) is 7.09. The van der Waals surface area contributed by atoms with Gasteiger partial charge in [0.05, 0.1) is 31.8 Å². The van der Waals surface area contributed by atoms with E-state index in [1.807, 2.05) is 0 Å². The molecular weight excluding hydrogens is 1030 g/mol. The third-order valence-corrected chi connectivity index (χ3v) is 16.7. The molecule has 0 saturated heterocycles. The molecule has 0 radical (unpaired) electrons. The lowest BCUT2D eigenvalue weighted by molar-refractivity contribution is 0.262. The molecule has 70 heavy (non-hydrogen) atoms. The first-order valence-electron chi connectivity index (χ1n) is 19.9. The Bertz CT molecular complexity index is 3780. The number of fused-ring (bicyclic) bond motifs is 2. The first-order chi connectivity index (χ1) is 32.7. The van der Waals surface area contributed by atoms with Crippen LogP contribution in [0.3, 0.4) is 0 Å². The average molecular weight is 1060 g/mol. The first kappa shape index (κ1) is 49.6. The van der Waals surface area contributed by atoms with Crippen molar-refractivity contribution in [3.8, 4) is 21.1 Å². The third kappa shape index (κ3) is 10.5. The molecule has 8 aromatic rings. The van der Waals surface area contributed by atoms with Crippen LogP contribution < -0.4 is 10.6 Å². The van der Waals surface area contributed by atoms with Crippen molar-refractivity contribution in [3.63, 3.8) is 0 Å². The molecule has 21 nitrogen and oxygen atoms in total. The van der Waals surface area contributed by atoms with Gasteiger partial charge in [-0.25, -0.2) is 14.8 Å². The van der Waals surface area contributed by atoms with Gasteiger partial charge in [-0.3, -0.25) is 18.2 Å². The van der Waals surface area contributed by atoms with Crippen molar-refractivity contribution in [1.29, 1.82) is 0 Å². The number of amides is 2. The van der Waals surface area contributed by atoms with Crippen molar-refractivity contribution in [2.45, 2.75) is 47.3 Å². The van der Waals surface area contributed by atoms with Crippen LogP contribution in [0, 0.1) is 27.7 Å². The van der Waals surface area contributed by atoms with Crippen molar-refractivity contribution in [2.24, 2.45) is 20.5 Å². The second-order valence-electron chi connectivity index (χ2n) is 15.4. The summed E-state index contributed by atoms with van der Waals surface area (Å²) in [5.74, 6) is 0. The van der Waals surface area contributed by atoms with Gasteiger partial charge in [-0.05, 0) is 135 Å². The molecule has 0 saturated carbocycles. The number of nitrogens with one attached hydrogen (secondary N) is 2. The van der Waals surface area contributed by atoms with Gasteiger partial charge in [0.1, 0.15) is 41.0 Å². The fourth-order valence-corrected chi connectivity index (χ4v) is 13.0. The van der Waals surface area contributed by atoms with Crippen LogP contribution in [0.1, 0.15) is 22.3 Å². The second-order valence-corrected chi connectivity index (χ2v) is 22.9.